The number of ether oxygens (including phenoxy) is 2. The minimum Gasteiger partial charge on any atom is -0.481 e. The Morgan fingerprint density at radius 1 is 0.463 bits per heavy atom. The predicted octanol–water partition coefficient (Wildman–Crippen LogP) is 18.4. The monoisotopic (exact) mass is 1500 g/mol. The van der Waals surface area contributed by atoms with Crippen LogP contribution in [0.1, 0.15) is 318 Å². The molecule has 0 spiro atoms. The molecule has 3 aromatic rings. The first-order valence-electron chi connectivity index (χ1n) is 42.9. The standard InChI is InChI=1S/C31H46O5.C30H43NO4.C24H34O4.C7H14O2/c1-19(2)16-20(3)28(33)36-23-10-13-29(4)22(17-23)7-8-26-25(29)11-14-30(5)24(12-15-31(26,30)34)21-6-9-27(32)35-18-21;1-18(2)15-26(31)28(33)35-21-11-13-29(3)20(16-21)6-7-22-24-9-8-23(19-5-10-27(32)34-17-19)30(24,4)14-12-25(22)29;1-22-10-7-17(25)13-16(22)4-5-20-19(22)8-11-23(2)18(9-12-24(20,23)27)15-3-6-21(26)28-14-15;1-5(2)4-6(3)7(8)9/h6,9,18-20,22-26,34H,7-8,10-17H2,1-5H3;5,9-10,17-18,20-23,25-26H,6-8,11-16,31H2,1-4H3;3,6,14,16-20,25,27H,4-5,7-13H2,1-2H3;5-6H,4H2,1-3H3,(H,8,9)/t20-,22+,23-,24+,25-,26+,29-,30+,31-;20-,21+,22+,23-,25+,26+,29+,30-;16-,17+,18-,19+,20-,22+,23-,24+;6-/m0110/s1. The molecule has 0 aromatic carbocycles. The number of aliphatic carboxylic acids is 1. The number of rotatable bonds is 14. The van der Waals surface area contributed by atoms with Gasteiger partial charge in [0.15, 0.2) is 0 Å². The number of nitrogens with two attached hydrogens (primary N) is 1. The zero-order valence-corrected chi connectivity index (χ0v) is 68.3. The topological polar surface area (TPSA) is 267 Å². The Morgan fingerprint density at radius 2 is 0.880 bits per heavy atom. The number of hydrogen-bond acceptors (Lipinski definition) is 15. The van der Waals surface area contributed by atoms with Crippen LogP contribution >= 0.6 is 0 Å². The highest BCUT2D eigenvalue weighted by atomic mass is 16.5. The summed E-state index contributed by atoms with van der Waals surface area (Å²) >= 11 is 0. The van der Waals surface area contributed by atoms with Crippen molar-refractivity contribution < 1.29 is 57.5 Å². The van der Waals surface area contributed by atoms with Gasteiger partial charge in [-0.2, -0.15) is 0 Å². The molecule has 3 heterocycles. The lowest BCUT2D eigenvalue weighted by atomic mass is 9.43. The van der Waals surface area contributed by atoms with Crippen LogP contribution in [-0.2, 0) is 23.9 Å². The van der Waals surface area contributed by atoms with Gasteiger partial charge in [0, 0.05) is 29.0 Å². The Morgan fingerprint density at radius 3 is 1.32 bits per heavy atom. The van der Waals surface area contributed by atoms with Crippen LogP contribution in [0.25, 0.3) is 0 Å². The summed E-state index contributed by atoms with van der Waals surface area (Å²) in [6, 6.07) is 9.87. The largest absolute Gasteiger partial charge is 0.481 e. The first-order chi connectivity index (χ1) is 50.9. The Hall–Kier alpha value is -5.16. The molecule has 16 nitrogen and oxygen atoms in total. The van der Waals surface area contributed by atoms with Crippen molar-refractivity contribution in [3.8, 4) is 0 Å². The summed E-state index contributed by atoms with van der Waals surface area (Å²) in [7, 11) is 0. The lowest BCUT2D eigenvalue weighted by molar-refractivity contribution is -0.208. The highest BCUT2D eigenvalue weighted by molar-refractivity contribution is 5.75. The van der Waals surface area contributed by atoms with Crippen LogP contribution in [0.2, 0.25) is 0 Å². The van der Waals surface area contributed by atoms with E-state index in [1.807, 2.05) is 39.0 Å². The quantitative estimate of drug-likeness (QED) is 0.0742. The van der Waals surface area contributed by atoms with Crippen molar-refractivity contribution in [3.05, 3.63) is 115 Å². The molecule has 12 aliphatic rings. The smallest absolute Gasteiger partial charge is 0.335 e. The third-order valence-corrected chi connectivity index (χ3v) is 33.1. The summed E-state index contributed by atoms with van der Waals surface area (Å²) in [6.45, 7) is 30.7. The predicted molar refractivity (Wildman–Crippen MR) is 419 cm³/mol. The van der Waals surface area contributed by atoms with E-state index >= 15 is 0 Å². The maximum Gasteiger partial charge on any atom is 0.335 e. The molecule has 26 atom stereocenters. The summed E-state index contributed by atoms with van der Waals surface area (Å²) in [5.41, 5.74) is 9.40. The highest BCUT2D eigenvalue weighted by Gasteiger charge is 2.70. The van der Waals surface area contributed by atoms with Gasteiger partial charge < -0.3 is 48.9 Å². The molecule has 600 valence electrons. The summed E-state index contributed by atoms with van der Waals surface area (Å²) in [5.74, 6) is 5.94. The van der Waals surface area contributed by atoms with Crippen LogP contribution in [0.3, 0.4) is 0 Å². The zero-order chi connectivity index (χ0) is 78.0. The van der Waals surface area contributed by atoms with Crippen molar-refractivity contribution in [3.63, 3.8) is 0 Å². The summed E-state index contributed by atoms with van der Waals surface area (Å²) in [4.78, 5) is 69.9. The minimum atomic E-state index is -0.691. The molecule has 15 rings (SSSR count). The number of esters is 2. The van der Waals surface area contributed by atoms with Gasteiger partial charge in [0.05, 0.1) is 47.9 Å². The highest BCUT2D eigenvalue weighted by Crippen LogP contribution is 2.74. The number of carboxylic acid groups (broad SMARTS) is 1. The fourth-order valence-corrected chi connectivity index (χ4v) is 27.2. The van der Waals surface area contributed by atoms with Crippen LogP contribution in [-0.4, -0.2) is 73.9 Å². The molecule has 0 saturated heterocycles. The second kappa shape index (κ2) is 32.0. The van der Waals surface area contributed by atoms with E-state index in [-0.39, 0.29) is 97.9 Å². The van der Waals surface area contributed by atoms with Gasteiger partial charge in [-0.05, 0) is 332 Å². The molecule has 11 saturated carbocycles. The zero-order valence-electron chi connectivity index (χ0n) is 68.3. The van der Waals surface area contributed by atoms with E-state index in [1.165, 1.54) is 44.2 Å². The van der Waals surface area contributed by atoms with E-state index in [2.05, 4.69) is 75.3 Å². The van der Waals surface area contributed by atoms with Crippen LogP contribution in [0.4, 0.5) is 0 Å². The number of aliphatic hydroxyl groups excluding tert-OH is 1. The number of carbonyl (C=O) groups is 3. The molecule has 0 bridgehead atoms. The molecular weight excluding hydrogens is 1360 g/mol. The molecular formula is C92H137NO15. The van der Waals surface area contributed by atoms with Crippen molar-refractivity contribution in [2.75, 3.05) is 0 Å². The third kappa shape index (κ3) is 15.5. The number of aliphatic hydroxyl groups is 3. The Balaban J connectivity index is 0.000000144. The molecule has 0 aliphatic heterocycles. The average Bonchev–Trinajstić information content (AvgIpc) is 1.45. The van der Waals surface area contributed by atoms with Crippen molar-refractivity contribution in [1.29, 1.82) is 0 Å². The van der Waals surface area contributed by atoms with E-state index in [0.717, 1.165) is 164 Å². The Labute approximate surface area is 644 Å². The van der Waals surface area contributed by atoms with Crippen LogP contribution < -0.4 is 22.6 Å². The lowest BCUT2D eigenvalue weighted by Crippen LogP contribution is -2.62. The number of hydrogen-bond donors (Lipinski definition) is 5. The van der Waals surface area contributed by atoms with E-state index in [1.54, 1.807) is 37.4 Å². The minimum absolute atomic E-state index is 0.0204. The Bertz CT molecular complexity index is 3810. The van der Waals surface area contributed by atoms with Crippen molar-refractivity contribution >= 4 is 17.9 Å². The third-order valence-electron chi connectivity index (χ3n) is 33.1. The second-order valence-electron chi connectivity index (χ2n) is 40.2. The summed E-state index contributed by atoms with van der Waals surface area (Å²) < 4.78 is 27.6. The van der Waals surface area contributed by atoms with Gasteiger partial charge in [-0.25, -0.2) is 14.4 Å². The number of fused-ring (bicyclic) bond motifs is 15. The van der Waals surface area contributed by atoms with Gasteiger partial charge in [-0.1, -0.05) is 109 Å². The molecule has 0 radical (unpaired) electrons. The molecule has 0 amide bonds. The van der Waals surface area contributed by atoms with Gasteiger partial charge in [-0.15, -0.1) is 0 Å². The van der Waals surface area contributed by atoms with Crippen molar-refractivity contribution in [2.24, 2.45) is 121 Å². The van der Waals surface area contributed by atoms with E-state index in [9.17, 15) is 44.1 Å². The van der Waals surface area contributed by atoms with Gasteiger partial charge in [0.2, 0.25) is 0 Å². The van der Waals surface area contributed by atoms with Crippen molar-refractivity contribution in [2.45, 2.75) is 336 Å². The van der Waals surface area contributed by atoms with Crippen LogP contribution in [0.5, 0.6) is 0 Å². The SMILES string of the molecule is CC(C)C[C@H](C)C(=O)O.CC(C)C[C@H](C)C(=O)O[C@H]1CC[C@@]2(C)[C@H](CC[C@@H]3[C@@H]2CC[C@]2(C)[C@@H](c4ccc(=O)oc4)CC[C@]32O)C1.CC(C)C[C@H](N)C(=O)O[C@H]1CC[C@@]2(C)[C@H](CC[C@H]3C4=CC[C@H](c5ccc(=O)oc5)[C@@]4(C)CC[C@@H]32)C1.C[C@]12CC[C@H](O)C[C@H]1CC[C@@H]1[C@@H]2CC[C@]2(C)[C@@H](c3ccc(=O)oc3)CC[C@]12O. The van der Waals surface area contributed by atoms with Gasteiger partial charge in [0.1, 0.15) is 18.2 Å². The second-order valence-corrected chi connectivity index (χ2v) is 40.2. The fraction of sp³-hybridized carbons (Fsp3) is 0.783. The number of carbonyl (C=O) groups excluding carboxylic acids is 2. The van der Waals surface area contributed by atoms with Gasteiger partial charge >= 0.3 is 34.8 Å². The lowest BCUT2D eigenvalue weighted by Gasteiger charge is -2.63. The first-order valence-corrected chi connectivity index (χ1v) is 42.9. The summed E-state index contributed by atoms with van der Waals surface area (Å²) in [6.07, 6.45) is 37.0. The molecule has 3 aromatic heterocycles. The molecule has 12 aliphatic carbocycles. The fourth-order valence-electron chi connectivity index (χ4n) is 27.2. The molecule has 11 fully saturated rings. The van der Waals surface area contributed by atoms with Gasteiger partial charge in [-0.3, -0.25) is 14.4 Å². The van der Waals surface area contributed by atoms with Gasteiger partial charge in [0.25, 0.3) is 0 Å². The molecule has 108 heavy (non-hydrogen) atoms. The molecule has 6 N–H and O–H groups in total. The van der Waals surface area contributed by atoms with Crippen LogP contribution in [0, 0.1) is 115 Å². The Kier molecular flexibility index (Phi) is 24.4. The number of allylic oxidation sites excluding steroid dienone is 2. The van der Waals surface area contributed by atoms with Crippen LogP contribution in [0.15, 0.2) is 94.5 Å². The van der Waals surface area contributed by atoms with E-state index in [0.29, 0.717) is 88.8 Å². The average molecular weight is 1500 g/mol. The maximum absolute atomic E-state index is 12.7. The van der Waals surface area contributed by atoms with E-state index in [4.69, 9.17) is 33.6 Å². The molecule has 0 unspecified atom stereocenters. The normalized spacial score (nSPS) is 41.2. The van der Waals surface area contributed by atoms with E-state index < -0.39 is 23.2 Å². The molecule has 16 heteroatoms. The summed E-state index contributed by atoms with van der Waals surface area (Å²) in [5, 5.41) is 43.2. The first kappa shape index (κ1) is 82.3. The van der Waals surface area contributed by atoms with Crippen molar-refractivity contribution in [1.82, 2.24) is 0 Å². The number of carboxylic acids is 1. The maximum atomic E-state index is 12.7.